The molecule has 0 atom stereocenters. The van der Waals surface area contributed by atoms with Crippen LogP contribution in [0.3, 0.4) is 0 Å². The second-order valence-electron chi connectivity index (χ2n) is 4.78. The normalized spacial score (nSPS) is 10.7. The van der Waals surface area contributed by atoms with Gasteiger partial charge in [0.15, 0.2) is 0 Å². The summed E-state index contributed by atoms with van der Waals surface area (Å²) in [5.74, 6) is -0.395. The van der Waals surface area contributed by atoms with Crippen molar-refractivity contribution in [2.75, 3.05) is 5.32 Å². The van der Waals surface area contributed by atoms with Gasteiger partial charge < -0.3 is 15.4 Å². The number of benzene rings is 2. The third kappa shape index (κ3) is 2.86. The Morgan fingerprint density at radius 2 is 1.95 bits per heavy atom. The number of anilines is 1. The lowest BCUT2D eigenvalue weighted by atomic mass is 10.1. The molecule has 0 fully saturated rings. The summed E-state index contributed by atoms with van der Waals surface area (Å²) in [4.78, 5) is 15.1. The van der Waals surface area contributed by atoms with Crippen molar-refractivity contribution in [1.82, 2.24) is 4.98 Å². The molecule has 0 aliphatic carbocycles. The molecule has 3 N–H and O–H groups in total. The summed E-state index contributed by atoms with van der Waals surface area (Å²) in [5.41, 5.74) is 2.20. The number of aromatic amines is 1. The van der Waals surface area contributed by atoms with E-state index in [4.69, 9.17) is 0 Å². The molecule has 1 heterocycles. The number of carbonyl (C=O) groups is 1. The first-order valence-corrected chi connectivity index (χ1v) is 6.46. The van der Waals surface area contributed by atoms with Crippen molar-refractivity contribution in [3.63, 3.8) is 0 Å². The van der Waals surface area contributed by atoms with Crippen LogP contribution in [0.5, 0.6) is 5.75 Å². The molecule has 0 aliphatic heterocycles. The van der Waals surface area contributed by atoms with Gasteiger partial charge in [0, 0.05) is 22.8 Å². The third-order valence-corrected chi connectivity index (χ3v) is 3.23. The number of amides is 1. The molecule has 0 unspecified atom stereocenters. The van der Waals surface area contributed by atoms with Crippen molar-refractivity contribution < 1.29 is 14.3 Å². The first kappa shape index (κ1) is 13.2. The van der Waals surface area contributed by atoms with Gasteiger partial charge in [0.1, 0.15) is 11.6 Å². The summed E-state index contributed by atoms with van der Waals surface area (Å²) >= 11 is 0. The molecule has 3 rings (SSSR count). The highest BCUT2D eigenvalue weighted by atomic mass is 19.1. The van der Waals surface area contributed by atoms with E-state index in [1.165, 1.54) is 24.3 Å². The van der Waals surface area contributed by atoms with Gasteiger partial charge in [-0.3, -0.25) is 4.79 Å². The van der Waals surface area contributed by atoms with Crippen molar-refractivity contribution in [3.05, 3.63) is 60.0 Å². The van der Waals surface area contributed by atoms with E-state index in [9.17, 15) is 14.3 Å². The molecule has 1 amide bonds. The van der Waals surface area contributed by atoms with Gasteiger partial charge in [-0.2, -0.15) is 0 Å². The summed E-state index contributed by atoms with van der Waals surface area (Å²) in [6.07, 6.45) is 1.91. The second-order valence-corrected chi connectivity index (χ2v) is 4.78. The predicted molar refractivity (Wildman–Crippen MR) is 78.7 cm³/mol. The number of phenols is 1. The quantitative estimate of drug-likeness (QED) is 0.691. The fraction of sp³-hybridized carbons (Fsp3) is 0.0625. The van der Waals surface area contributed by atoms with E-state index in [0.29, 0.717) is 5.69 Å². The molecule has 3 aromatic rings. The Balaban J connectivity index is 1.77. The van der Waals surface area contributed by atoms with E-state index in [0.717, 1.165) is 16.5 Å². The maximum absolute atomic E-state index is 12.8. The lowest BCUT2D eigenvalue weighted by Gasteiger charge is -2.04. The fourth-order valence-electron chi connectivity index (χ4n) is 2.22. The maximum atomic E-state index is 12.8. The summed E-state index contributed by atoms with van der Waals surface area (Å²) in [6.45, 7) is 0. The van der Waals surface area contributed by atoms with Crippen LogP contribution in [0.2, 0.25) is 0 Å². The van der Waals surface area contributed by atoms with E-state index in [2.05, 4.69) is 10.3 Å². The Kier molecular flexibility index (Phi) is 3.31. The van der Waals surface area contributed by atoms with Crippen LogP contribution in [-0.2, 0) is 11.2 Å². The largest absolute Gasteiger partial charge is 0.508 e. The zero-order chi connectivity index (χ0) is 14.8. The van der Waals surface area contributed by atoms with Crippen molar-refractivity contribution in [1.29, 1.82) is 0 Å². The molecule has 0 spiro atoms. The van der Waals surface area contributed by atoms with Gasteiger partial charge in [-0.05, 0) is 48.0 Å². The number of hydrogen-bond donors (Lipinski definition) is 3. The molecule has 4 nitrogen and oxygen atoms in total. The second kappa shape index (κ2) is 5.28. The summed E-state index contributed by atoms with van der Waals surface area (Å²) in [6, 6.07) is 10.6. The van der Waals surface area contributed by atoms with E-state index in [1.807, 2.05) is 0 Å². The molecule has 0 saturated carbocycles. The molecule has 0 aliphatic rings. The molecule has 0 radical (unpaired) electrons. The van der Waals surface area contributed by atoms with Gasteiger partial charge in [-0.25, -0.2) is 4.39 Å². The number of carbonyl (C=O) groups excluding carboxylic acids is 1. The Bertz CT molecular complexity index is 794. The highest BCUT2D eigenvalue weighted by Crippen LogP contribution is 2.23. The molecule has 2 aromatic carbocycles. The maximum Gasteiger partial charge on any atom is 0.228 e. The van der Waals surface area contributed by atoms with Crippen molar-refractivity contribution >= 4 is 22.5 Å². The Morgan fingerprint density at radius 3 is 2.71 bits per heavy atom. The number of fused-ring (bicyclic) bond motifs is 1. The Hall–Kier alpha value is -2.82. The van der Waals surface area contributed by atoms with Crippen molar-refractivity contribution in [3.8, 4) is 5.75 Å². The summed E-state index contributed by atoms with van der Waals surface area (Å²) in [7, 11) is 0. The highest BCUT2D eigenvalue weighted by molar-refractivity contribution is 5.96. The minimum absolute atomic E-state index is 0.155. The van der Waals surface area contributed by atoms with Gasteiger partial charge in [0.05, 0.1) is 6.42 Å². The van der Waals surface area contributed by atoms with Crippen LogP contribution in [-0.4, -0.2) is 16.0 Å². The van der Waals surface area contributed by atoms with E-state index in [1.54, 1.807) is 24.4 Å². The van der Waals surface area contributed by atoms with Crippen LogP contribution in [0.1, 0.15) is 5.56 Å². The zero-order valence-corrected chi connectivity index (χ0v) is 11.1. The average Bonchev–Trinajstić information content (AvgIpc) is 2.84. The SMILES string of the molecule is O=C(Cc1c[nH]c2ccc(O)cc12)Nc1ccc(F)cc1. The number of halogens is 1. The zero-order valence-electron chi connectivity index (χ0n) is 11.1. The molecule has 5 heteroatoms. The van der Waals surface area contributed by atoms with Gasteiger partial charge in [0.2, 0.25) is 5.91 Å². The van der Waals surface area contributed by atoms with Crippen LogP contribution in [0.4, 0.5) is 10.1 Å². The first-order chi connectivity index (χ1) is 10.1. The number of aromatic nitrogens is 1. The van der Waals surface area contributed by atoms with Gasteiger partial charge in [-0.15, -0.1) is 0 Å². The monoisotopic (exact) mass is 284 g/mol. The van der Waals surface area contributed by atoms with Crippen LogP contribution in [0.25, 0.3) is 10.9 Å². The van der Waals surface area contributed by atoms with Crippen LogP contribution < -0.4 is 5.32 Å². The number of aromatic hydroxyl groups is 1. The highest BCUT2D eigenvalue weighted by Gasteiger charge is 2.09. The molecule has 1 aromatic heterocycles. The number of rotatable bonds is 3. The van der Waals surface area contributed by atoms with E-state index < -0.39 is 0 Å². The summed E-state index contributed by atoms with van der Waals surface area (Å²) < 4.78 is 12.8. The van der Waals surface area contributed by atoms with Gasteiger partial charge in [0.25, 0.3) is 0 Å². The standard InChI is InChI=1S/C16H13FN2O2/c17-11-1-3-12(4-2-11)19-16(21)7-10-9-18-15-6-5-13(20)8-14(10)15/h1-6,8-9,18,20H,7H2,(H,19,21). The molecule has 21 heavy (non-hydrogen) atoms. The first-order valence-electron chi connectivity index (χ1n) is 6.46. The van der Waals surface area contributed by atoms with E-state index >= 15 is 0 Å². The van der Waals surface area contributed by atoms with Crippen molar-refractivity contribution in [2.45, 2.75) is 6.42 Å². The lowest BCUT2D eigenvalue weighted by Crippen LogP contribution is -2.14. The van der Waals surface area contributed by atoms with Gasteiger partial charge >= 0.3 is 0 Å². The van der Waals surface area contributed by atoms with E-state index in [-0.39, 0.29) is 23.9 Å². The lowest BCUT2D eigenvalue weighted by molar-refractivity contribution is -0.115. The van der Waals surface area contributed by atoms with Gasteiger partial charge in [-0.1, -0.05) is 0 Å². The minimum atomic E-state index is -0.347. The predicted octanol–water partition coefficient (Wildman–Crippen LogP) is 3.19. The fourth-order valence-corrected chi connectivity index (χ4v) is 2.22. The Morgan fingerprint density at radius 1 is 1.19 bits per heavy atom. The smallest absolute Gasteiger partial charge is 0.228 e. The van der Waals surface area contributed by atoms with Crippen LogP contribution in [0, 0.1) is 5.82 Å². The third-order valence-electron chi connectivity index (χ3n) is 3.23. The van der Waals surface area contributed by atoms with Crippen LogP contribution in [0.15, 0.2) is 48.7 Å². The molecule has 106 valence electrons. The molecule has 0 saturated heterocycles. The minimum Gasteiger partial charge on any atom is -0.508 e. The molecule has 0 bridgehead atoms. The number of hydrogen-bond acceptors (Lipinski definition) is 2. The topological polar surface area (TPSA) is 65.1 Å². The number of phenolic OH excluding ortho intramolecular Hbond substituents is 1. The Labute approximate surface area is 120 Å². The van der Waals surface area contributed by atoms with Crippen molar-refractivity contribution in [2.24, 2.45) is 0 Å². The number of nitrogens with one attached hydrogen (secondary N) is 2. The van der Waals surface area contributed by atoms with Crippen LogP contribution >= 0.6 is 0 Å². The number of H-pyrrole nitrogens is 1. The average molecular weight is 284 g/mol. The molecular weight excluding hydrogens is 271 g/mol. The summed E-state index contributed by atoms with van der Waals surface area (Å²) in [5, 5.41) is 13.0. The molecular formula is C16H13FN2O2.